The molecule has 2 nitrogen and oxygen atoms in total. The van der Waals surface area contributed by atoms with Crippen molar-refractivity contribution in [1.29, 1.82) is 0 Å². The van der Waals surface area contributed by atoms with Gasteiger partial charge in [-0.2, -0.15) is 0 Å². The normalized spacial score (nSPS) is 23.6. The summed E-state index contributed by atoms with van der Waals surface area (Å²) in [6.45, 7) is 6.52. The first-order valence-electron chi connectivity index (χ1n) is 17.4. The number of hydrogen-bond donors (Lipinski definition) is 0. The lowest BCUT2D eigenvalue weighted by Gasteiger charge is -2.24. The topological polar surface area (TPSA) is 12.5 Å². The highest BCUT2D eigenvalue weighted by Gasteiger charge is 2.44. The van der Waals surface area contributed by atoms with Gasteiger partial charge in [0.25, 0.3) is 0 Å². The zero-order valence-corrected chi connectivity index (χ0v) is 26.1. The molecule has 0 saturated heterocycles. The molecule has 0 aromatic heterocycles. The minimum atomic E-state index is 0.600. The molecule has 0 aromatic carbocycles. The van der Waals surface area contributed by atoms with Crippen LogP contribution in [-0.4, -0.2) is 38.3 Å². The third kappa shape index (κ3) is 17.3. The molecule has 0 aromatic rings. The van der Waals surface area contributed by atoms with Gasteiger partial charge in [-0.1, -0.05) is 136 Å². The van der Waals surface area contributed by atoms with Gasteiger partial charge in [0.2, 0.25) is 0 Å². The van der Waals surface area contributed by atoms with Gasteiger partial charge in [0, 0.05) is 12.6 Å². The fourth-order valence-corrected chi connectivity index (χ4v) is 6.67. The van der Waals surface area contributed by atoms with Crippen LogP contribution in [0, 0.1) is 23.7 Å². The molecule has 0 spiro atoms. The second-order valence-corrected chi connectivity index (χ2v) is 13.5. The van der Waals surface area contributed by atoms with E-state index in [-0.39, 0.29) is 0 Å². The summed E-state index contributed by atoms with van der Waals surface area (Å²) in [5.41, 5.74) is 0. The van der Waals surface area contributed by atoms with Crippen molar-refractivity contribution in [3.05, 3.63) is 0 Å². The van der Waals surface area contributed by atoms with Gasteiger partial charge >= 0.3 is 0 Å². The Balaban J connectivity index is 1.30. The summed E-state index contributed by atoms with van der Waals surface area (Å²) in [5, 5.41) is 0. The molecule has 2 aliphatic rings. The van der Waals surface area contributed by atoms with E-state index in [1.807, 2.05) is 0 Å². The van der Waals surface area contributed by atoms with Gasteiger partial charge in [-0.15, -0.1) is 0 Å². The van der Waals surface area contributed by atoms with Crippen molar-refractivity contribution >= 4 is 0 Å². The van der Waals surface area contributed by atoms with E-state index in [4.69, 9.17) is 4.74 Å². The Morgan fingerprint density at radius 2 is 1.03 bits per heavy atom. The fourth-order valence-electron chi connectivity index (χ4n) is 6.67. The van der Waals surface area contributed by atoms with E-state index in [0.29, 0.717) is 6.04 Å². The molecule has 2 rings (SSSR count). The lowest BCUT2D eigenvalue weighted by molar-refractivity contribution is 0.0721. The number of nitrogens with zero attached hydrogens (tertiary/aromatic N) is 1. The zero-order chi connectivity index (χ0) is 26.6. The van der Waals surface area contributed by atoms with Crippen molar-refractivity contribution in [3.63, 3.8) is 0 Å². The largest absolute Gasteiger partial charge is 0.380 e. The lowest BCUT2D eigenvalue weighted by atomic mass is 10.0. The molecule has 0 amide bonds. The minimum Gasteiger partial charge on any atom is -0.380 e. The van der Waals surface area contributed by atoms with Gasteiger partial charge < -0.3 is 9.64 Å². The predicted molar refractivity (Wildman–Crippen MR) is 164 cm³/mol. The van der Waals surface area contributed by atoms with Gasteiger partial charge in [-0.25, -0.2) is 0 Å². The van der Waals surface area contributed by atoms with E-state index in [0.717, 1.165) is 36.9 Å². The van der Waals surface area contributed by atoms with E-state index < -0.39 is 0 Å². The highest BCUT2D eigenvalue weighted by molar-refractivity contribution is 4.94. The number of unbranched alkanes of at least 4 members (excludes halogenated alkanes) is 15. The number of hydrogen-bond acceptors (Lipinski definition) is 2. The Labute approximate surface area is 234 Å². The Hall–Kier alpha value is -0.0800. The maximum Gasteiger partial charge on any atom is 0.0621 e. The van der Waals surface area contributed by atoms with Crippen molar-refractivity contribution in [3.8, 4) is 0 Å². The molecule has 0 N–H and O–H groups in total. The molecule has 2 fully saturated rings. The van der Waals surface area contributed by atoms with Crippen molar-refractivity contribution in [1.82, 2.24) is 4.90 Å². The Morgan fingerprint density at radius 1 is 0.568 bits per heavy atom. The summed E-state index contributed by atoms with van der Waals surface area (Å²) in [6, 6.07) is 0.600. The zero-order valence-electron chi connectivity index (χ0n) is 26.1. The Kier molecular flexibility index (Phi) is 19.4. The molecule has 4 unspecified atom stereocenters. The molecule has 2 heteroatoms. The van der Waals surface area contributed by atoms with Crippen LogP contribution in [0.15, 0.2) is 0 Å². The summed E-state index contributed by atoms with van der Waals surface area (Å²) < 4.78 is 6.10. The highest BCUT2D eigenvalue weighted by atomic mass is 16.5. The molecular formula is C35H69NO. The van der Waals surface area contributed by atoms with Crippen LogP contribution < -0.4 is 0 Å². The monoisotopic (exact) mass is 520 g/mol. The molecule has 2 saturated carbocycles. The first kappa shape index (κ1) is 33.1. The van der Waals surface area contributed by atoms with E-state index in [1.165, 1.54) is 135 Å². The molecule has 37 heavy (non-hydrogen) atoms. The summed E-state index contributed by atoms with van der Waals surface area (Å²) in [6.07, 6.45) is 34.6. The lowest BCUT2D eigenvalue weighted by Crippen LogP contribution is -2.32. The second-order valence-electron chi connectivity index (χ2n) is 13.5. The van der Waals surface area contributed by atoms with E-state index in [9.17, 15) is 0 Å². The third-order valence-electron chi connectivity index (χ3n) is 9.72. The summed E-state index contributed by atoms with van der Waals surface area (Å²) >= 11 is 0. The Bertz CT molecular complexity index is 505. The maximum atomic E-state index is 6.10. The van der Waals surface area contributed by atoms with E-state index in [2.05, 4.69) is 32.8 Å². The average Bonchev–Trinajstić information content (AvgIpc) is 3.81. The fraction of sp³-hybridized carbons (Fsp3) is 1.00. The van der Waals surface area contributed by atoms with Crippen LogP contribution in [0.5, 0.6) is 0 Å². The van der Waals surface area contributed by atoms with Gasteiger partial charge in [0.1, 0.15) is 0 Å². The second kappa shape index (κ2) is 21.7. The molecule has 2 aliphatic carbocycles. The van der Waals surface area contributed by atoms with E-state index >= 15 is 0 Å². The van der Waals surface area contributed by atoms with Gasteiger partial charge in [-0.05, 0) is 69.9 Å². The van der Waals surface area contributed by atoms with Crippen LogP contribution in [0.25, 0.3) is 0 Å². The first-order valence-corrected chi connectivity index (χ1v) is 17.4. The van der Waals surface area contributed by atoms with Crippen molar-refractivity contribution < 1.29 is 4.74 Å². The summed E-state index contributed by atoms with van der Waals surface area (Å²) in [7, 11) is 4.45. The standard InChI is InChI=1S/C35H69NO/c1-5-7-9-10-11-12-13-17-21-25-35(36(3)4)30-37-26-22-18-15-14-16-20-24-32-28-34(32)29-33-27-31(33)23-19-8-6-2/h31-35H,5-30H2,1-4H3/t31?,32?,33?,34?,35-/m0/s1. The summed E-state index contributed by atoms with van der Waals surface area (Å²) in [5.74, 6) is 4.51. The van der Waals surface area contributed by atoms with Gasteiger partial charge in [0.05, 0.1) is 6.61 Å². The van der Waals surface area contributed by atoms with Gasteiger partial charge in [0.15, 0.2) is 0 Å². The van der Waals surface area contributed by atoms with Crippen LogP contribution in [-0.2, 0) is 4.74 Å². The summed E-state index contributed by atoms with van der Waals surface area (Å²) in [4.78, 5) is 2.38. The smallest absolute Gasteiger partial charge is 0.0621 e. The van der Waals surface area contributed by atoms with Gasteiger partial charge in [-0.3, -0.25) is 0 Å². The van der Waals surface area contributed by atoms with Crippen molar-refractivity contribution in [2.45, 2.75) is 174 Å². The quantitative estimate of drug-likeness (QED) is 0.0953. The van der Waals surface area contributed by atoms with Crippen LogP contribution >= 0.6 is 0 Å². The molecule has 0 radical (unpaired) electrons. The van der Waals surface area contributed by atoms with Crippen molar-refractivity contribution in [2.24, 2.45) is 23.7 Å². The molecular weight excluding hydrogens is 450 g/mol. The molecule has 220 valence electrons. The molecule has 0 heterocycles. The van der Waals surface area contributed by atoms with Crippen LogP contribution in [0.4, 0.5) is 0 Å². The van der Waals surface area contributed by atoms with Crippen LogP contribution in [0.2, 0.25) is 0 Å². The molecule has 5 atom stereocenters. The first-order chi connectivity index (χ1) is 18.2. The number of ether oxygens (including phenoxy) is 1. The number of likely N-dealkylation sites (N-methyl/N-ethyl adjacent to an activating group) is 1. The maximum absolute atomic E-state index is 6.10. The minimum absolute atomic E-state index is 0.600. The average molecular weight is 520 g/mol. The molecule has 0 bridgehead atoms. The predicted octanol–water partition coefficient (Wildman–Crippen LogP) is 10.8. The number of rotatable bonds is 28. The highest BCUT2D eigenvalue weighted by Crippen LogP contribution is 2.54. The van der Waals surface area contributed by atoms with E-state index in [1.54, 1.807) is 19.3 Å². The molecule has 0 aliphatic heterocycles. The van der Waals surface area contributed by atoms with Crippen LogP contribution in [0.3, 0.4) is 0 Å². The SMILES string of the molecule is CCCCCCCCCCC[C@@H](COCCCCCCCCC1CC1CC1CC1CCCCC)N(C)C. The Morgan fingerprint density at radius 3 is 1.59 bits per heavy atom. The third-order valence-corrected chi connectivity index (χ3v) is 9.72. The van der Waals surface area contributed by atoms with Crippen LogP contribution in [0.1, 0.15) is 168 Å². The van der Waals surface area contributed by atoms with Crippen molar-refractivity contribution in [2.75, 3.05) is 27.3 Å².